The number of halogens is 2. The van der Waals surface area contributed by atoms with Gasteiger partial charge >= 0.3 is 0 Å². The molecular weight excluding hydrogens is 349 g/mol. The molecular formula is C12H21Cl2NO2SSi2. The molecule has 8 heteroatoms. The molecule has 0 amide bonds. The van der Waals surface area contributed by atoms with Crippen molar-refractivity contribution in [2.75, 3.05) is 0 Å². The predicted octanol–water partition coefficient (Wildman–Crippen LogP) is 4.65. The van der Waals surface area contributed by atoms with Gasteiger partial charge in [0.15, 0.2) is 0 Å². The second kappa shape index (κ2) is 5.74. The molecule has 0 aromatic heterocycles. The van der Waals surface area contributed by atoms with E-state index < -0.39 is 26.5 Å². The van der Waals surface area contributed by atoms with Gasteiger partial charge in [0.1, 0.15) is 16.5 Å². The fourth-order valence-corrected chi connectivity index (χ4v) is 18.4. The number of hydrogen-bond donors (Lipinski definition) is 0. The van der Waals surface area contributed by atoms with Crippen LogP contribution in [0.4, 0.5) is 0 Å². The van der Waals surface area contributed by atoms with Crippen LogP contribution in [-0.4, -0.2) is 28.5 Å². The Morgan fingerprint density at radius 1 is 0.850 bits per heavy atom. The number of hydrogen-bond acceptors (Lipinski definition) is 2. The van der Waals surface area contributed by atoms with Gasteiger partial charge in [0.2, 0.25) is 10.0 Å². The summed E-state index contributed by atoms with van der Waals surface area (Å²) in [5.41, 5.74) is 0. The lowest BCUT2D eigenvalue weighted by molar-refractivity contribution is 0.571. The Morgan fingerprint density at radius 2 is 1.20 bits per heavy atom. The summed E-state index contributed by atoms with van der Waals surface area (Å²) < 4.78 is 27.8. The Kier molecular flexibility index (Phi) is 5.22. The summed E-state index contributed by atoms with van der Waals surface area (Å²) in [5, 5.41) is 0.671. The third-order valence-corrected chi connectivity index (χ3v) is 15.5. The first-order valence-corrected chi connectivity index (χ1v) is 15.4. The summed E-state index contributed by atoms with van der Waals surface area (Å²) >= 11 is 11.9. The molecule has 1 aromatic rings. The van der Waals surface area contributed by atoms with Crippen LogP contribution in [0, 0.1) is 0 Å². The standard InChI is InChI=1S/C12H21Cl2NO2SSi2/c1-19(2,3)15(20(4,5)6)18(16,17)12-8-10(13)7-11(14)9-12/h7-9H,1-6H3. The van der Waals surface area contributed by atoms with E-state index in [1.165, 1.54) is 18.2 Å². The molecule has 0 radical (unpaired) electrons. The van der Waals surface area contributed by atoms with Gasteiger partial charge in [-0.2, -0.15) is 0 Å². The van der Waals surface area contributed by atoms with E-state index in [4.69, 9.17) is 23.2 Å². The highest BCUT2D eigenvalue weighted by Crippen LogP contribution is 2.31. The Balaban J connectivity index is 3.53. The molecule has 3 nitrogen and oxygen atoms in total. The van der Waals surface area contributed by atoms with Gasteiger partial charge in [-0.1, -0.05) is 62.5 Å². The zero-order valence-electron chi connectivity index (χ0n) is 12.7. The van der Waals surface area contributed by atoms with Crippen molar-refractivity contribution >= 4 is 49.7 Å². The first-order valence-electron chi connectivity index (χ1n) is 6.28. The summed E-state index contributed by atoms with van der Waals surface area (Å²) in [6.07, 6.45) is 0. The molecule has 0 saturated heterocycles. The second-order valence-corrected chi connectivity index (χ2v) is 20.0. The molecule has 0 heterocycles. The third-order valence-electron chi connectivity index (χ3n) is 2.59. The van der Waals surface area contributed by atoms with Crippen molar-refractivity contribution in [3.05, 3.63) is 28.2 Å². The molecule has 0 bridgehead atoms. The average molecular weight is 370 g/mol. The molecule has 0 aliphatic rings. The summed E-state index contributed by atoms with van der Waals surface area (Å²) in [4.78, 5) is 0.180. The molecule has 0 spiro atoms. The summed E-state index contributed by atoms with van der Waals surface area (Å²) in [6, 6.07) is 4.47. The van der Waals surface area contributed by atoms with Crippen molar-refractivity contribution in [3.63, 3.8) is 0 Å². The van der Waals surface area contributed by atoms with Gasteiger partial charge in [-0.3, -0.25) is 0 Å². The minimum atomic E-state index is -3.57. The van der Waals surface area contributed by atoms with E-state index in [0.717, 1.165) is 0 Å². The summed E-state index contributed by atoms with van der Waals surface area (Å²) in [7, 11) is -7.68. The van der Waals surface area contributed by atoms with Gasteiger partial charge in [-0.05, 0) is 18.2 Å². The van der Waals surface area contributed by atoms with Crippen molar-refractivity contribution in [2.45, 2.75) is 44.2 Å². The van der Waals surface area contributed by atoms with E-state index in [9.17, 15) is 8.42 Å². The van der Waals surface area contributed by atoms with Crippen LogP contribution in [0.1, 0.15) is 0 Å². The van der Waals surface area contributed by atoms with Gasteiger partial charge in [-0.25, -0.2) is 12.1 Å². The van der Waals surface area contributed by atoms with Gasteiger partial charge in [0.25, 0.3) is 0 Å². The van der Waals surface area contributed by atoms with Gasteiger partial charge in [0.05, 0.1) is 4.90 Å². The van der Waals surface area contributed by atoms with Crippen molar-refractivity contribution < 1.29 is 8.42 Å². The average Bonchev–Trinajstić information content (AvgIpc) is 2.09. The van der Waals surface area contributed by atoms with Crippen molar-refractivity contribution in [1.82, 2.24) is 3.64 Å². The van der Waals surface area contributed by atoms with E-state index in [2.05, 4.69) is 0 Å². The first-order chi connectivity index (χ1) is 8.76. The molecule has 114 valence electrons. The van der Waals surface area contributed by atoms with Gasteiger partial charge in [-0.15, -0.1) is 0 Å². The van der Waals surface area contributed by atoms with Crippen molar-refractivity contribution in [3.8, 4) is 0 Å². The largest absolute Gasteiger partial charge is 0.243 e. The second-order valence-electron chi connectivity index (χ2n) is 6.72. The van der Waals surface area contributed by atoms with Crippen LogP contribution < -0.4 is 0 Å². The fraction of sp³-hybridized carbons (Fsp3) is 0.500. The smallest absolute Gasteiger partial charge is 0.231 e. The number of rotatable bonds is 4. The number of benzene rings is 1. The minimum Gasteiger partial charge on any atom is -0.243 e. The lowest BCUT2D eigenvalue weighted by atomic mass is 10.4. The normalized spacial score (nSPS) is 13.8. The lowest BCUT2D eigenvalue weighted by Gasteiger charge is -2.42. The molecule has 0 aliphatic heterocycles. The summed E-state index contributed by atoms with van der Waals surface area (Å²) in [6.45, 7) is 12.2. The highest BCUT2D eigenvalue weighted by molar-refractivity contribution is 7.92. The highest BCUT2D eigenvalue weighted by atomic mass is 35.5. The van der Waals surface area contributed by atoms with E-state index in [1.54, 1.807) is 3.64 Å². The molecule has 0 saturated carbocycles. The van der Waals surface area contributed by atoms with Crippen LogP contribution in [0.2, 0.25) is 49.3 Å². The Hall–Kier alpha value is 0.144. The Morgan fingerprint density at radius 3 is 1.50 bits per heavy atom. The third kappa shape index (κ3) is 4.08. The van der Waals surface area contributed by atoms with Crippen LogP contribution in [-0.2, 0) is 10.0 Å². The van der Waals surface area contributed by atoms with Gasteiger partial charge in [0, 0.05) is 10.0 Å². The maximum absolute atomic E-state index is 13.0. The first kappa shape index (κ1) is 18.2. The van der Waals surface area contributed by atoms with E-state index in [0.29, 0.717) is 10.0 Å². The molecule has 0 fully saturated rings. The van der Waals surface area contributed by atoms with Crippen LogP contribution in [0.5, 0.6) is 0 Å². The van der Waals surface area contributed by atoms with E-state index in [1.807, 2.05) is 39.3 Å². The minimum absolute atomic E-state index is 0.180. The van der Waals surface area contributed by atoms with E-state index >= 15 is 0 Å². The van der Waals surface area contributed by atoms with E-state index in [-0.39, 0.29) is 4.90 Å². The Labute approximate surface area is 134 Å². The van der Waals surface area contributed by atoms with Gasteiger partial charge < -0.3 is 0 Å². The molecule has 20 heavy (non-hydrogen) atoms. The summed E-state index contributed by atoms with van der Waals surface area (Å²) in [5.74, 6) is 0. The SMILES string of the molecule is C[Si](C)(C)N([Si](C)(C)C)S(=O)(=O)c1cc(Cl)cc(Cl)c1. The van der Waals surface area contributed by atoms with Crippen LogP contribution in [0.15, 0.2) is 23.1 Å². The predicted molar refractivity (Wildman–Crippen MR) is 92.2 cm³/mol. The topological polar surface area (TPSA) is 37.4 Å². The zero-order valence-corrected chi connectivity index (χ0v) is 17.0. The van der Waals surface area contributed by atoms with Crippen LogP contribution >= 0.6 is 23.2 Å². The molecule has 1 rings (SSSR count). The highest BCUT2D eigenvalue weighted by Gasteiger charge is 2.43. The molecule has 1 aromatic carbocycles. The maximum Gasteiger partial charge on any atom is 0.231 e. The number of sulfonamides is 1. The van der Waals surface area contributed by atoms with Crippen LogP contribution in [0.3, 0.4) is 0 Å². The molecule has 0 aliphatic carbocycles. The monoisotopic (exact) mass is 369 g/mol. The molecule has 0 N–H and O–H groups in total. The number of nitrogens with zero attached hydrogens (tertiary/aromatic N) is 1. The Bertz CT molecular complexity index is 573. The van der Waals surface area contributed by atoms with Crippen molar-refractivity contribution in [2.24, 2.45) is 0 Å². The molecule has 0 atom stereocenters. The van der Waals surface area contributed by atoms with Crippen LogP contribution in [0.25, 0.3) is 0 Å². The fourth-order valence-electron chi connectivity index (χ4n) is 2.51. The van der Waals surface area contributed by atoms with Crippen molar-refractivity contribution in [1.29, 1.82) is 0 Å². The maximum atomic E-state index is 13.0. The molecule has 0 unspecified atom stereocenters. The zero-order chi connectivity index (χ0) is 15.9. The lowest BCUT2D eigenvalue weighted by Crippen LogP contribution is -2.61. The quantitative estimate of drug-likeness (QED) is 0.723.